The number of carbonyl (C=O) groups is 1. The molecular formula is C38H31Cl2F2N3O4S2. The Morgan fingerprint density at radius 1 is 0.784 bits per heavy atom. The van der Waals surface area contributed by atoms with E-state index in [2.05, 4.69) is 0 Å². The lowest BCUT2D eigenvalue weighted by Gasteiger charge is -2.45. The largest absolute Gasteiger partial charge is 0.502 e. The number of hydrogen-bond acceptors (Lipinski definition) is 7. The normalized spacial score (nSPS) is 17.6. The Morgan fingerprint density at radius 3 is 1.98 bits per heavy atom. The molecule has 2 unspecified atom stereocenters. The molecule has 8 rings (SSSR count). The lowest BCUT2D eigenvalue weighted by Crippen LogP contribution is -2.57. The maximum Gasteiger partial charge on any atom is 0.278 e. The molecule has 1 amide bonds. The van der Waals surface area contributed by atoms with Gasteiger partial charge in [-0.3, -0.25) is 19.3 Å². The molecule has 5 aromatic rings. The fourth-order valence-electron chi connectivity index (χ4n) is 6.61. The SMILES string of the molecule is CC(C)N1CN(C2c3cc(F)ccc3SCc3c(Cl)cccc32)n2ccc(=O)c(O)c2C1=O.OC1c2cc(F)ccc2SCc2c(Cl)cccc21. The van der Waals surface area contributed by atoms with Gasteiger partial charge < -0.3 is 15.1 Å². The van der Waals surface area contributed by atoms with E-state index in [0.717, 1.165) is 37.6 Å². The van der Waals surface area contributed by atoms with E-state index in [4.69, 9.17) is 23.2 Å². The first-order valence-electron chi connectivity index (χ1n) is 16.0. The smallest absolute Gasteiger partial charge is 0.278 e. The van der Waals surface area contributed by atoms with Crippen LogP contribution < -0.4 is 10.4 Å². The maximum absolute atomic E-state index is 14.5. The average molecular weight is 767 g/mol. The number of halogens is 4. The monoisotopic (exact) mass is 765 g/mol. The summed E-state index contributed by atoms with van der Waals surface area (Å²) in [6.45, 7) is 3.90. The van der Waals surface area contributed by atoms with Gasteiger partial charge in [-0.2, -0.15) is 0 Å². The number of benzene rings is 4. The number of nitrogens with zero attached hydrogens (tertiary/aromatic N) is 3. The minimum atomic E-state index is -0.820. The highest BCUT2D eigenvalue weighted by atomic mass is 35.5. The van der Waals surface area contributed by atoms with E-state index in [9.17, 15) is 28.6 Å². The molecule has 0 saturated heterocycles. The summed E-state index contributed by atoms with van der Waals surface area (Å²) in [5, 5.41) is 24.1. The molecule has 4 aromatic carbocycles. The minimum Gasteiger partial charge on any atom is -0.502 e. The van der Waals surface area contributed by atoms with Crippen LogP contribution >= 0.6 is 46.7 Å². The fourth-order valence-corrected chi connectivity index (χ4v) is 9.51. The number of aromatic hydroxyl groups is 1. The molecule has 51 heavy (non-hydrogen) atoms. The maximum atomic E-state index is 14.5. The number of amides is 1. The van der Waals surface area contributed by atoms with Crippen LogP contribution in [0.3, 0.4) is 0 Å². The van der Waals surface area contributed by atoms with Gasteiger partial charge in [0.2, 0.25) is 5.43 Å². The molecule has 2 atom stereocenters. The summed E-state index contributed by atoms with van der Waals surface area (Å²) in [6.07, 6.45) is 0.660. The quantitative estimate of drug-likeness (QED) is 0.186. The summed E-state index contributed by atoms with van der Waals surface area (Å²) < 4.78 is 29.3. The molecule has 3 aliphatic heterocycles. The average Bonchev–Trinajstić information content (AvgIpc) is 3.35. The number of aliphatic hydroxyl groups is 1. The second-order valence-electron chi connectivity index (χ2n) is 12.5. The molecule has 4 heterocycles. The van der Waals surface area contributed by atoms with Crippen molar-refractivity contribution < 1.29 is 23.8 Å². The highest BCUT2D eigenvalue weighted by Gasteiger charge is 2.39. The van der Waals surface area contributed by atoms with Crippen molar-refractivity contribution in [2.45, 2.75) is 53.3 Å². The fraction of sp³-hybridized carbons (Fsp3) is 0.211. The molecule has 3 aliphatic rings. The number of aromatic nitrogens is 1. The molecule has 1 aromatic heterocycles. The molecule has 13 heteroatoms. The van der Waals surface area contributed by atoms with Crippen molar-refractivity contribution in [2.75, 3.05) is 11.7 Å². The molecule has 0 spiro atoms. The number of hydrogen-bond donors (Lipinski definition) is 2. The van der Waals surface area contributed by atoms with Crippen LogP contribution in [0.15, 0.2) is 99.6 Å². The zero-order chi connectivity index (χ0) is 36.1. The number of aliphatic hydroxyl groups excluding tert-OH is 1. The zero-order valence-corrected chi connectivity index (χ0v) is 30.5. The molecular weight excluding hydrogens is 735 g/mol. The Balaban J connectivity index is 0.000000190. The molecule has 0 bridgehead atoms. The van der Waals surface area contributed by atoms with Crippen molar-refractivity contribution in [1.82, 2.24) is 9.58 Å². The lowest BCUT2D eigenvalue weighted by atomic mass is 9.94. The van der Waals surface area contributed by atoms with E-state index in [1.165, 1.54) is 41.2 Å². The standard InChI is InChI=1S/C24H21ClFN3O3S.C14H10ClFOS/c1-13(2)27-12-29(28-9-8-19(30)23(31)22(28)24(27)32)21-15-4-3-5-18(25)17(15)11-33-20-7-6-14(26)10-16(20)21;15-12-3-1-2-9-11(12)7-18-13-5-4-8(16)6-10(13)14(9)17/h3-10,13,21,31H,11-12H2,1-2H3;1-6,14,17H,7H2. The minimum absolute atomic E-state index is 0.110. The Bertz CT molecular complexity index is 2250. The van der Waals surface area contributed by atoms with E-state index in [1.54, 1.807) is 46.6 Å². The lowest BCUT2D eigenvalue weighted by molar-refractivity contribution is 0.0621. The van der Waals surface area contributed by atoms with Crippen molar-refractivity contribution >= 4 is 52.6 Å². The van der Waals surface area contributed by atoms with Crippen molar-refractivity contribution in [3.63, 3.8) is 0 Å². The summed E-state index contributed by atoms with van der Waals surface area (Å²) >= 11 is 15.9. The van der Waals surface area contributed by atoms with Gasteiger partial charge in [0.15, 0.2) is 11.4 Å². The van der Waals surface area contributed by atoms with E-state index < -0.39 is 29.2 Å². The van der Waals surface area contributed by atoms with Crippen LogP contribution in [0.4, 0.5) is 8.78 Å². The van der Waals surface area contributed by atoms with E-state index in [0.29, 0.717) is 27.1 Å². The molecule has 0 radical (unpaired) electrons. The third-order valence-electron chi connectivity index (χ3n) is 9.19. The van der Waals surface area contributed by atoms with E-state index in [1.807, 2.05) is 49.2 Å². The third kappa shape index (κ3) is 6.51. The van der Waals surface area contributed by atoms with Crippen LogP contribution in [0, 0.1) is 11.6 Å². The second-order valence-corrected chi connectivity index (χ2v) is 15.4. The van der Waals surface area contributed by atoms with Gasteiger partial charge in [-0.05, 0) is 90.2 Å². The van der Waals surface area contributed by atoms with Crippen molar-refractivity contribution in [3.05, 3.63) is 156 Å². The predicted molar refractivity (Wildman–Crippen MR) is 197 cm³/mol. The molecule has 0 aliphatic carbocycles. The highest BCUT2D eigenvalue weighted by molar-refractivity contribution is 7.98. The van der Waals surface area contributed by atoms with Crippen molar-refractivity contribution in [2.24, 2.45) is 0 Å². The number of rotatable bonds is 2. The van der Waals surface area contributed by atoms with Gasteiger partial charge in [0.05, 0.1) is 6.04 Å². The van der Waals surface area contributed by atoms with E-state index in [-0.39, 0.29) is 30.0 Å². The highest BCUT2D eigenvalue weighted by Crippen LogP contribution is 2.45. The molecule has 0 fully saturated rings. The van der Waals surface area contributed by atoms with Crippen molar-refractivity contribution in [3.8, 4) is 5.75 Å². The molecule has 262 valence electrons. The summed E-state index contributed by atoms with van der Waals surface area (Å²) in [4.78, 5) is 28.8. The number of fused-ring (bicyclic) bond motifs is 5. The van der Waals surface area contributed by atoms with Crippen LogP contribution in [0.25, 0.3) is 0 Å². The van der Waals surface area contributed by atoms with Gasteiger partial charge in [0.1, 0.15) is 24.4 Å². The van der Waals surface area contributed by atoms with Crippen molar-refractivity contribution in [1.29, 1.82) is 0 Å². The molecule has 0 saturated carbocycles. The summed E-state index contributed by atoms with van der Waals surface area (Å²) in [6, 6.07) is 20.8. The Morgan fingerprint density at radius 2 is 1.35 bits per heavy atom. The third-order valence-corrected chi connectivity index (χ3v) is 12.1. The van der Waals surface area contributed by atoms with Gasteiger partial charge in [-0.15, -0.1) is 23.5 Å². The first-order chi connectivity index (χ1) is 24.4. The Labute approximate surface area is 311 Å². The summed E-state index contributed by atoms with van der Waals surface area (Å²) in [5.74, 6) is -0.463. The van der Waals surface area contributed by atoms with Gasteiger partial charge in [0.25, 0.3) is 5.91 Å². The topological polar surface area (TPSA) is 86.0 Å². The number of thioether (sulfide) groups is 2. The Kier molecular flexibility index (Phi) is 9.86. The van der Waals surface area contributed by atoms with Crippen LogP contribution in [-0.2, 0) is 11.5 Å². The summed E-state index contributed by atoms with van der Waals surface area (Å²) in [5.41, 5.74) is 4.08. The first kappa shape index (κ1) is 35.4. The van der Waals surface area contributed by atoms with Crippen LogP contribution in [-0.4, -0.2) is 38.4 Å². The van der Waals surface area contributed by atoms with Gasteiger partial charge in [-0.25, -0.2) is 8.78 Å². The molecule has 2 N–H and O–H groups in total. The second kappa shape index (κ2) is 14.2. The molecule has 7 nitrogen and oxygen atoms in total. The van der Waals surface area contributed by atoms with Gasteiger partial charge in [-0.1, -0.05) is 47.5 Å². The number of pyridine rings is 1. The van der Waals surface area contributed by atoms with Crippen LogP contribution in [0.2, 0.25) is 10.0 Å². The predicted octanol–water partition coefficient (Wildman–Crippen LogP) is 8.67. The van der Waals surface area contributed by atoms with Crippen LogP contribution in [0.1, 0.15) is 69.9 Å². The van der Waals surface area contributed by atoms with Gasteiger partial charge in [0, 0.05) is 55.2 Å². The Hall–Kier alpha value is -4.00. The zero-order valence-electron chi connectivity index (χ0n) is 27.3. The van der Waals surface area contributed by atoms with Gasteiger partial charge >= 0.3 is 0 Å². The van der Waals surface area contributed by atoms with E-state index >= 15 is 0 Å². The number of carbonyl (C=O) groups excluding carboxylic acids is 1. The summed E-state index contributed by atoms with van der Waals surface area (Å²) in [7, 11) is 0. The first-order valence-corrected chi connectivity index (χ1v) is 18.8. The van der Waals surface area contributed by atoms with Crippen LogP contribution in [0.5, 0.6) is 5.75 Å².